The summed E-state index contributed by atoms with van der Waals surface area (Å²) < 4.78 is 0. The third-order valence-electron chi connectivity index (χ3n) is 3.08. The van der Waals surface area contributed by atoms with E-state index in [2.05, 4.69) is 58.8 Å². The number of rotatable bonds is 2. The molecule has 2 aromatic carbocycles. The number of nitrogens with zero attached hydrogens (tertiary/aromatic N) is 1. The number of hydrogen-bond acceptors (Lipinski definition) is 2. The molecular formula is C16H14N2. The third kappa shape index (κ3) is 1.93. The zero-order valence-corrected chi connectivity index (χ0v) is 10.2. The predicted molar refractivity (Wildman–Crippen MR) is 76.7 cm³/mol. The highest BCUT2D eigenvalue weighted by atomic mass is 14.9. The Morgan fingerprint density at radius 2 is 1.67 bits per heavy atom. The molecule has 0 fully saturated rings. The van der Waals surface area contributed by atoms with Crippen LogP contribution in [0.5, 0.6) is 0 Å². The number of benzene rings is 2. The van der Waals surface area contributed by atoms with Crippen LogP contribution in [0.3, 0.4) is 0 Å². The number of hydrogen-bond donors (Lipinski definition) is 1. The Hall–Kier alpha value is -2.35. The van der Waals surface area contributed by atoms with E-state index in [1.807, 2.05) is 19.3 Å². The summed E-state index contributed by atoms with van der Waals surface area (Å²) in [5.41, 5.74) is 2.47. The first-order chi connectivity index (χ1) is 8.86. The fourth-order valence-electron chi connectivity index (χ4n) is 2.09. The average molecular weight is 234 g/mol. The summed E-state index contributed by atoms with van der Waals surface area (Å²) >= 11 is 0. The highest BCUT2D eigenvalue weighted by Gasteiger charge is 2.00. The Balaban J connectivity index is 2.15. The maximum atomic E-state index is 4.32. The molecule has 0 radical (unpaired) electrons. The van der Waals surface area contributed by atoms with Crippen LogP contribution in [0.4, 0.5) is 5.82 Å². The Kier molecular flexibility index (Phi) is 2.69. The molecule has 1 aromatic heterocycles. The van der Waals surface area contributed by atoms with Gasteiger partial charge in [0, 0.05) is 18.6 Å². The Morgan fingerprint density at radius 1 is 0.833 bits per heavy atom. The van der Waals surface area contributed by atoms with Gasteiger partial charge in [0.05, 0.1) is 0 Å². The first-order valence-corrected chi connectivity index (χ1v) is 6.00. The van der Waals surface area contributed by atoms with Crippen LogP contribution in [0.15, 0.2) is 60.8 Å². The summed E-state index contributed by atoms with van der Waals surface area (Å²) in [6.07, 6.45) is 1.90. The second-order valence-corrected chi connectivity index (χ2v) is 4.25. The summed E-state index contributed by atoms with van der Waals surface area (Å²) in [4.78, 5) is 4.32. The minimum atomic E-state index is 0.896. The molecule has 0 spiro atoms. The molecule has 0 aliphatic carbocycles. The molecule has 18 heavy (non-hydrogen) atoms. The van der Waals surface area contributed by atoms with E-state index >= 15 is 0 Å². The maximum absolute atomic E-state index is 4.32. The van der Waals surface area contributed by atoms with E-state index in [9.17, 15) is 0 Å². The number of anilines is 1. The number of pyridine rings is 1. The van der Waals surface area contributed by atoms with Crippen molar-refractivity contribution in [2.75, 3.05) is 12.4 Å². The molecule has 0 atom stereocenters. The molecule has 0 unspecified atom stereocenters. The van der Waals surface area contributed by atoms with Crippen LogP contribution < -0.4 is 5.32 Å². The van der Waals surface area contributed by atoms with Crippen LogP contribution in [0.2, 0.25) is 0 Å². The second-order valence-electron chi connectivity index (χ2n) is 4.25. The summed E-state index contributed by atoms with van der Waals surface area (Å²) in [6, 6.07) is 18.9. The van der Waals surface area contributed by atoms with E-state index in [1.165, 1.54) is 16.5 Å². The van der Waals surface area contributed by atoms with Crippen molar-refractivity contribution in [3.05, 3.63) is 60.8 Å². The average Bonchev–Trinajstić information content (AvgIpc) is 2.47. The van der Waals surface area contributed by atoms with Gasteiger partial charge < -0.3 is 5.32 Å². The van der Waals surface area contributed by atoms with E-state index in [4.69, 9.17) is 0 Å². The minimum absolute atomic E-state index is 0.896. The molecule has 0 saturated carbocycles. The van der Waals surface area contributed by atoms with Gasteiger partial charge in [-0.25, -0.2) is 4.98 Å². The van der Waals surface area contributed by atoms with Crippen molar-refractivity contribution in [1.82, 2.24) is 4.98 Å². The monoisotopic (exact) mass is 234 g/mol. The molecule has 0 bridgehead atoms. The Labute approximate surface area is 106 Å². The lowest BCUT2D eigenvalue weighted by Gasteiger charge is -2.05. The van der Waals surface area contributed by atoms with Crippen molar-refractivity contribution >= 4 is 16.6 Å². The highest BCUT2D eigenvalue weighted by molar-refractivity contribution is 5.88. The molecule has 1 N–H and O–H groups in total. The third-order valence-corrected chi connectivity index (χ3v) is 3.08. The van der Waals surface area contributed by atoms with Crippen molar-refractivity contribution in [1.29, 1.82) is 0 Å². The van der Waals surface area contributed by atoms with E-state index in [-0.39, 0.29) is 0 Å². The van der Waals surface area contributed by atoms with Crippen molar-refractivity contribution in [3.8, 4) is 11.1 Å². The molecule has 1 heterocycles. The first-order valence-electron chi connectivity index (χ1n) is 6.00. The predicted octanol–water partition coefficient (Wildman–Crippen LogP) is 3.94. The van der Waals surface area contributed by atoms with Crippen LogP contribution in [0, 0.1) is 0 Å². The number of aromatic nitrogens is 1. The summed E-state index contributed by atoms with van der Waals surface area (Å²) in [5.74, 6) is 0.896. The van der Waals surface area contributed by atoms with Gasteiger partial charge in [-0.05, 0) is 28.6 Å². The van der Waals surface area contributed by atoms with Crippen molar-refractivity contribution in [2.24, 2.45) is 0 Å². The standard InChI is InChI=1S/C16H14N2/c1-17-16-10-15-9-13(7-8-14(15)11-18-16)12-5-3-2-4-6-12/h2-11H,1H3,(H,17,18). The quantitative estimate of drug-likeness (QED) is 0.726. The molecule has 2 nitrogen and oxygen atoms in total. The van der Waals surface area contributed by atoms with Crippen LogP contribution >= 0.6 is 0 Å². The normalized spacial score (nSPS) is 10.5. The zero-order chi connectivity index (χ0) is 12.4. The molecule has 0 aliphatic rings. The fraction of sp³-hybridized carbons (Fsp3) is 0.0625. The van der Waals surface area contributed by atoms with Gasteiger partial charge in [0.25, 0.3) is 0 Å². The van der Waals surface area contributed by atoms with Gasteiger partial charge >= 0.3 is 0 Å². The lowest BCUT2D eigenvalue weighted by Crippen LogP contribution is -1.91. The van der Waals surface area contributed by atoms with E-state index in [1.54, 1.807) is 0 Å². The van der Waals surface area contributed by atoms with Gasteiger partial charge in [-0.1, -0.05) is 42.5 Å². The molecule has 0 saturated heterocycles. The molecule has 88 valence electrons. The SMILES string of the molecule is CNc1cc2cc(-c3ccccc3)ccc2cn1. The van der Waals surface area contributed by atoms with Crippen LogP contribution in [0.1, 0.15) is 0 Å². The molecule has 0 aliphatic heterocycles. The van der Waals surface area contributed by atoms with Gasteiger partial charge in [-0.3, -0.25) is 0 Å². The van der Waals surface area contributed by atoms with E-state index in [0.717, 1.165) is 11.2 Å². The second kappa shape index (κ2) is 4.49. The van der Waals surface area contributed by atoms with Gasteiger partial charge in [0.15, 0.2) is 0 Å². The van der Waals surface area contributed by atoms with E-state index < -0.39 is 0 Å². The molecule has 3 aromatic rings. The van der Waals surface area contributed by atoms with Gasteiger partial charge in [0.2, 0.25) is 0 Å². The summed E-state index contributed by atoms with van der Waals surface area (Å²) in [5, 5.41) is 5.43. The summed E-state index contributed by atoms with van der Waals surface area (Å²) in [7, 11) is 1.88. The van der Waals surface area contributed by atoms with Crippen molar-refractivity contribution in [2.45, 2.75) is 0 Å². The van der Waals surface area contributed by atoms with Gasteiger partial charge in [-0.2, -0.15) is 0 Å². The topological polar surface area (TPSA) is 24.9 Å². The van der Waals surface area contributed by atoms with Crippen LogP contribution in [-0.4, -0.2) is 12.0 Å². The number of fused-ring (bicyclic) bond motifs is 1. The highest BCUT2D eigenvalue weighted by Crippen LogP contribution is 2.25. The number of nitrogens with one attached hydrogen (secondary N) is 1. The Morgan fingerprint density at radius 3 is 2.44 bits per heavy atom. The fourth-order valence-corrected chi connectivity index (χ4v) is 2.09. The van der Waals surface area contributed by atoms with Crippen LogP contribution in [-0.2, 0) is 0 Å². The molecule has 3 rings (SSSR count). The van der Waals surface area contributed by atoms with Crippen LogP contribution in [0.25, 0.3) is 21.9 Å². The zero-order valence-electron chi connectivity index (χ0n) is 10.2. The summed E-state index contributed by atoms with van der Waals surface area (Å²) in [6.45, 7) is 0. The van der Waals surface area contributed by atoms with Gasteiger partial charge in [0.1, 0.15) is 5.82 Å². The van der Waals surface area contributed by atoms with Crippen molar-refractivity contribution in [3.63, 3.8) is 0 Å². The Bertz CT molecular complexity index is 675. The maximum Gasteiger partial charge on any atom is 0.126 e. The van der Waals surface area contributed by atoms with Crippen molar-refractivity contribution < 1.29 is 0 Å². The largest absolute Gasteiger partial charge is 0.373 e. The molecule has 2 heteroatoms. The smallest absolute Gasteiger partial charge is 0.126 e. The molecular weight excluding hydrogens is 220 g/mol. The first kappa shape index (κ1) is 10.8. The lowest BCUT2D eigenvalue weighted by atomic mass is 10.0. The molecule has 0 amide bonds. The van der Waals surface area contributed by atoms with Gasteiger partial charge in [-0.15, -0.1) is 0 Å². The lowest BCUT2D eigenvalue weighted by molar-refractivity contribution is 1.31. The minimum Gasteiger partial charge on any atom is -0.373 e. The van der Waals surface area contributed by atoms with E-state index in [0.29, 0.717) is 0 Å².